The summed E-state index contributed by atoms with van der Waals surface area (Å²) in [6, 6.07) is 9.29. The van der Waals surface area contributed by atoms with Crippen LogP contribution in [0.4, 0.5) is 0 Å². The first kappa shape index (κ1) is 9.97. The van der Waals surface area contributed by atoms with Gasteiger partial charge in [0.25, 0.3) is 0 Å². The van der Waals surface area contributed by atoms with Crippen LogP contribution in [-0.4, -0.2) is 11.0 Å². The van der Waals surface area contributed by atoms with E-state index < -0.39 is 0 Å². The lowest BCUT2D eigenvalue weighted by atomic mass is 10.1. The third-order valence-corrected chi connectivity index (χ3v) is 2.87. The quantitative estimate of drug-likeness (QED) is 0.802. The summed E-state index contributed by atoms with van der Waals surface area (Å²) < 4.78 is 0.682. The summed E-state index contributed by atoms with van der Waals surface area (Å²) in [5.74, 6) is 1.77. The highest BCUT2D eigenvalue weighted by atomic mass is 79.9. The lowest BCUT2D eigenvalue weighted by molar-refractivity contribution is 0.480. The molecular weight excluding hydrogens is 256 g/mol. The third-order valence-electron chi connectivity index (χ3n) is 2.21. The molecule has 0 aliphatic heterocycles. The fourth-order valence-electron chi connectivity index (χ4n) is 1.51. The van der Waals surface area contributed by atoms with E-state index in [0.717, 1.165) is 10.8 Å². The minimum Gasteiger partial charge on any atom is -0.507 e. The fourth-order valence-corrected chi connectivity index (χ4v) is 2.06. The van der Waals surface area contributed by atoms with Gasteiger partial charge in [0.2, 0.25) is 0 Å². The monoisotopic (exact) mass is 262 g/mol. The third kappa shape index (κ3) is 1.67. The molecule has 0 aliphatic carbocycles. The Bertz CT molecular complexity index is 569. The zero-order valence-corrected chi connectivity index (χ0v) is 9.28. The van der Waals surface area contributed by atoms with E-state index in [1.54, 1.807) is 12.0 Å². The maximum Gasteiger partial charge on any atom is 0.132 e. The Labute approximate surface area is 95.0 Å². The van der Waals surface area contributed by atoms with Crippen molar-refractivity contribution in [1.29, 1.82) is 0 Å². The lowest BCUT2D eigenvalue weighted by Gasteiger charge is -2.06. The molecule has 0 spiro atoms. The van der Waals surface area contributed by atoms with E-state index >= 15 is 0 Å². The second-order valence-electron chi connectivity index (χ2n) is 3.10. The van der Waals surface area contributed by atoms with Crippen LogP contribution >= 0.6 is 15.9 Å². The van der Waals surface area contributed by atoms with Crippen molar-refractivity contribution in [2.24, 2.45) is 0 Å². The Morgan fingerprint density at radius 1 is 1.33 bits per heavy atom. The van der Waals surface area contributed by atoms with Gasteiger partial charge in [-0.2, -0.15) is 0 Å². The van der Waals surface area contributed by atoms with Gasteiger partial charge in [-0.25, -0.2) is 4.79 Å². The Balaban J connectivity index is 2.89. The maximum absolute atomic E-state index is 10.3. The molecular formula is C12H7BrO2. The zero-order chi connectivity index (χ0) is 10.8. The van der Waals surface area contributed by atoms with Crippen LogP contribution in [-0.2, 0) is 4.79 Å². The molecule has 0 bridgehead atoms. The number of rotatable bonds is 1. The smallest absolute Gasteiger partial charge is 0.132 e. The summed E-state index contributed by atoms with van der Waals surface area (Å²) in [4.78, 5) is 10.3. The molecule has 0 saturated heterocycles. The van der Waals surface area contributed by atoms with Gasteiger partial charge in [-0.3, -0.25) is 0 Å². The minimum atomic E-state index is 0.100. The van der Waals surface area contributed by atoms with E-state index in [-0.39, 0.29) is 5.75 Å². The van der Waals surface area contributed by atoms with Gasteiger partial charge in [-0.15, -0.1) is 0 Å². The lowest BCUT2D eigenvalue weighted by Crippen LogP contribution is -1.81. The molecule has 15 heavy (non-hydrogen) atoms. The number of phenols is 1. The molecule has 0 fully saturated rings. The summed E-state index contributed by atoms with van der Waals surface area (Å²) in [6.45, 7) is 0. The normalized spacial score (nSPS) is 9.93. The SMILES string of the molecule is O=C=Cc1c(Br)cc2ccccc2c1O. The number of hydrogen-bond donors (Lipinski definition) is 1. The number of phenolic OH excluding ortho intramolecular Hbond substituents is 1. The number of hydrogen-bond acceptors (Lipinski definition) is 2. The summed E-state index contributed by atoms with van der Waals surface area (Å²) >= 11 is 3.30. The van der Waals surface area contributed by atoms with Gasteiger partial charge in [-0.05, 0) is 27.4 Å². The highest BCUT2D eigenvalue weighted by molar-refractivity contribution is 9.10. The van der Waals surface area contributed by atoms with Gasteiger partial charge < -0.3 is 5.11 Å². The molecule has 0 amide bonds. The van der Waals surface area contributed by atoms with Gasteiger partial charge in [0.05, 0.1) is 0 Å². The van der Waals surface area contributed by atoms with Gasteiger partial charge in [0, 0.05) is 21.5 Å². The van der Waals surface area contributed by atoms with Crippen molar-refractivity contribution in [2.75, 3.05) is 0 Å². The van der Waals surface area contributed by atoms with Crippen molar-refractivity contribution in [3.05, 3.63) is 40.4 Å². The molecule has 3 heteroatoms. The topological polar surface area (TPSA) is 37.3 Å². The molecule has 0 saturated carbocycles. The first-order valence-corrected chi connectivity index (χ1v) is 5.14. The van der Waals surface area contributed by atoms with E-state index in [0.29, 0.717) is 10.0 Å². The van der Waals surface area contributed by atoms with Crippen LogP contribution < -0.4 is 0 Å². The fraction of sp³-hybridized carbons (Fsp3) is 0. The Kier molecular flexibility index (Phi) is 2.58. The number of fused-ring (bicyclic) bond motifs is 1. The molecule has 0 heterocycles. The molecule has 2 rings (SSSR count). The van der Waals surface area contributed by atoms with Crippen molar-refractivity contribution >= 4 is 38.7 Å². The van der Waals surface area contributed by atoms with E-state index in [2.05, 4.69) is 15.9 Å². The molecule has 0 aliphatic rings. The Hall–Kier alpha value is -1.57. The summed E-state index contributed by atoms with van der Waals surface area (Å²) in [6.07, 6.45) is 1.21. The standard InChI is InChI=1S/C12H7BrO2/c13-11-7-8-3-1-2-4-9(8)12(15)10(11)5-6-14/h1-5,7,15H. The predicted molar refractivity (Wildman–Crippen MR) is 63.5 cm³/mol. The molecule has 0 atom stereocenters. The number of benzene rings is 2. The Morgan fingerprint density at radius 3 is 2.80 bits per heavy atom. The summed E-state index contributed by atoms with van der Waals surface area (Å²) in [7, 11) is 0. The highest BCUT2D eigenvalue weighted by Crippen LogP contribution is 2.34. The summed E-state index contributed by atoms with van der Waals surface area (Å²) in [5, 5.41) is 11.6. The van der Waals surface area contributed by atoms with Crippen LogP contribution in [0.2, 0.25) is 0 Å². The average Bonchev–Trinajstić information content (AvgIpc) is 2.24. The largest absolute Gasteiger partial charge is 0.507 e. The van der Waals surface area contributed by atoms with Crippen molar-refractivity contribution in [3.8, 4) is 5.75 Å². The first-order valence-electron chi connectivity index (χ1n) is 4.35. The van der Waals surface area contributed by atoms with Gasteiger partial charge in [0.15, 0.2) is 0 Å². The molecule has 0 radical (unpaired) electrons. The van der Waals surface area contributed by atoms with E-state index in [9.17, 15) is 9.90 Å². The van der Waals surface area contributed by atoms with Crippen molar-refractivity contribution in [2.45, 2.75) is 0 Å². The first-order chi connectivity index (χ1) is 7.24. The van der Waals surface area contributed by atoms with Crippen LogP contribution in [0.15, 0.2) is 34.8 Å². The molecule has 0 unspecified atom stereocenters. The van der Waals surface area contributed by atoms with Gasteiger partial charge in [0.1, 0.15) is 11.7 Å². The second-order valence-corrected chi connectivity index (χ2v) is 3.96. The minimum absolute atomic E-state index is 0.100. The number of carbonyl (C=O) groups excluding carboxylic acids is 1. The highest BCUT2D eigenvalue weighted by Gasteiger charge is 2.08. The maximum atomic E-state index is 10.3. The Morgan fingerprint density at radius 2 is 2.07 bits per heavy atom. The van der Waals surface area contributed by atoms with Crippen LogP contribution in [0.1, 0.15) is 5.56 Å². The molecule has 0 aromatic heterocycles. The van der Waals surface area contributed by atoms with Crippen molar-refractivity contribution in [1.82, 2.24) is 0 Å². The average molecular weight is 263 g/mol. The van der Waals surface area contributed by atoms with Gasteiger partial charge >= 0.3 is 0 Å². The van der Waals surface area contributed by atoms with Crippen LogP contribution in [0, 0.1) is 0 Å². The number of halogens is 1. The van der Waals surface area contributed by atoms with E-state index in [1.165, 1.54) is 6.08 Å². The molecule has 1 N–H and O–H groups in total. The van der Waals surface area contributed by atoms with E-state index in [1.807, 2.05) is 24.3 Å². The summed E-state index contributed by atoms with van der Waals surface area (Å²) in [5.41, 5.74) is 0.462. The van der Waals surface area contributed by atoms with Crippen LogP contribution in [0.5, 0.6) is 5.75 Å². The predicted octanol–water partition coefficient (Wildman–Crippen LogP) is 3.15. The molecule has 2 aromatic rings. The van der Waals surface area contributed by atoms with Crippen molar-refractivity contribution in [3.63, 3.8) is 0 Å². The molecule has 74 valence electrons. The van der Waals surface area contributed by atoms with Gasteiger partial charge in [-0.1, -0.05) is 24.3 Å². The van der Waals surface area contributed by atoms with E-state index in [4.69, 9.17) is 0 Å². The van der Waals surface area contributed by atoms with Crippen LogP contribution in [0.3, 0.4) is 0 Å². The molecule has 2 aromatic carbocycles. The van der Waals surface area contributed by atoms with Crippen LogP contribution in [0.25, 0.3) is 16.8 Å². The molecule has 2 nitrogen and oxygen atoms in total. The zero-order valence-electron chi connectivity index (χ0n) is 7.70. The number of aromatic hydroxyl groups is 1. The second kappa shape index (κ2) is 3.89. The van der Waals surface area contributed by atoms with Crippen molar-refractivity contribution < 1.29 is 9.90 Å².